The molecule has 0 aliphatic carbocycles. The topological polar surface area (TPSA) is 459 Å². The number of nitrogens with zero attached hydrogens (tertiary/aromatic N) is 7. The highest BCUT2D eigenvalue weighted by atomic mass is 131. The highest BCUT2D eigenvalue weighted by Gasteiger charge is 2.14. The summed E-state index contributed by atoms with van der Waals surface area (Å²) in [6, 6.07) is 69.6. The molecule has 128 heavy (non-hydrogen) atoms. The number of carbonyl (C=O) groups is 3. The molecule has 0 aliphatic heterocycles. The lowest BCUT2D eigenvalue weighted by Gasteiger charge is -2.05. The molecule has 0 spiro atoms. The molecule has 23 nitrogen and oxygen atoms in total. The molecule has 0 saturated heterocycles. The SMILES string of the molecule is CC(N)=NCc1ccc(F)c([131I])c1.CC(N)=NCc1ccc([131I])cc1.CC(N)=NCc1ccc([18F])c(I)c1.CC(N)=NCc1cccc(CCC[18F])c1.CC(N)=NCc1cccc([124I])c1.CC(N)=NCc1cccc([131I])c1.CC(N)=NCc1cccc([18F])c1.Cc1ccc(C[C@@H](N)C(=O)O)cc1.Cc1ccc(C[C@@H](N)C(=O)O)cc1.Cc1ccc(C[C@@H](N)C(=O)O)cc1. The molecule has 0 aromatic heterocycles. The van der Waals surface area contributed by atoms with Crippen LogP contribution in [0.2, 0.25) is 0 Å². The molecule has 0 unspecified atom stereocenters. The van der Waals surface area contributed by atoms with Gasteiger partial charge in [-0.25, -0.2) is 13.2 Å². The minimum absolute atomic E-state index is 0.196. The van der Waals surface area contributed by atoms with Crippen LogP contribution in [0, 0.1) is 56.1 Å². The van der Waals surface area contributed by atoms with Gasteiger partial charge in [-0.05, 0) is 348 Å². The number of aryl methyl sites for hydroxylation is 4. The van der Waals surface area contributed by atoms with Crippen molar-refractivity contribution in [2.45, 2.75) is 165 Å². The van der Waals surface area contributed by atoms with E-state index in [0.717, 1.165) is 67.6 Å². The molecule has 3 atom stereocenters. The smallest absolute Gasteiger partial charge is 0.320 e. The van der Waals surface area contributed by atoms with Gasteiger partial charge >= 0.3 is 17.9 Å². The van der Waals surface area contributed by atoms with Crippen LogP contribution in [0.5, 0.6) is 0 Å². The Morgan fingerprint density at radius 2 is 0.641 bits per heavy atom. The summed E-state index contributed by atoms with van der Waals surface area (Å²) in [6.45, 7) is 22.2. The molecule has 0 heterocycles. The second kappa shape index (κ2) is 67.4. The standard InChI is InChI=1S/C12H17FN2.3C10H13NO2.2C9H10FIN2.C9H11FN2.3C9H11IN2/c1-10(14)15-9-12-5-2-4-11(8-12)6-3-7-13;3*1-7-2-4-8(5-3-7)6-9(11)10(12)13;2*1-6(12)13-5-7-2-3-8(10)9(11)4-7;1-7(11)12-6-8-3-2-4-9(10)5-8;1-7(11)12-6-8-2-4-9(10)5-3-8;2*1-7(11)12-6-8-3-2-4-9(10)5-8/h2,4-5,8H,3,6-7,9H2,1H3,(H2,14,15);3*2-5,9H,6,11H2,1H3,(H,12,13);2*2-4H,5H2,1H3,(H2,12,13);4*2-5H,6H2,1H3,(H2,11,12)/t;3*9-;;;;;;/m.111....../s1/i13-1;;;;11+4;2*10-1;2*10+4;10-3. The van der Waals surface area contributed by atoms with Gasteiger partial charge in [0.05, 0.1) is 93.3 Å². The third-order valence-electron chi connectivity index (χ3n) is 16.4. The predicted molar refractivity (Wildman–Crippen MR) is 561 cm³/mol. The number of rotatable bonds is 26. The fourth-order valence-corrected chi connectivity index (χ4v) is 12.4. The van der Waals surface area contributed by atoms with E-state index in [1.54, 1.807) is 78.8 Å². The highest BCUT2D eigenvalue weighted by Crippen LogP contribution is 2.18. The number of hydrogen-bond donors (Lipinski definition) is 13. The molecule has 0 bridgehead atoms. The number of carboxylic acids is 3. The van der Waals surface area contributed by atoms with E-state index in [-0.39, 0.29) is 24.1 Å². The van der Waals surface area contributed by atoms with Gasteiger partial charge in [0.2, 0.25) is 0 Å². The number of aliphatic carboxylic acids is 3. The number of alkyl halides is 1. The van der Waals surface area contributed by atoms with E-state index in [1.165, 1.54) is 51.7 Å². The van der Waals surface area contributed by atoms with Crippen molar-refractivity contribution < 1.29 is 47.3 Å². The van der Waals surface area contributed by atoms with Crippen molar-refractivity contribution in [2.24, 2.45) is 92.3 Å². The monoisotopic (exact) mass is 2320 g/mol. The lowest BCUT2D eigenvalue weighted by atomic mass is 10.1. The van der Waals surface area contributed by atoms with Gasteiger partial charge in [-0.3, -0.25) is 53.7 Å². The van der Waals surface area contributed by atoms with Crippen LogP contribution >= 0.6 is 113 Å². The maximum atomic E-state index is 12.8. The summed E-state index contributed by atoms with van der Waals surface area (Å²) >= 11 is 10.7. The molecule has 32 heteroatoms. The molecular weight excluding hydrogens is 2200 g/mol. The van der Waals surface area contributed by atoms with Gasteiger partial charge < -0.3 is 72.7 Å². The van der Waals surface area contributed by atoms with Crippen molar-refractivity contribution in [1.29, 1.82) is 0 Å². The van der Waals surface area contributed by atoms with Crippen LogP contribution in [0.25, 0.3) is 0 Å². The minimum atomic E-state index is -0.958. The van der Waals surface area contributed by atoms with Gasteiger partial charge in [0, 0.05) is 17.9 Å². The van der Waals surface area contributed by atoms with Gasteiger partial charge in [-0.1, -0.05) is 174 Å². The van der Waals surface area contributed by atoms with Crippen LogP contribution in [0.15, 0.2) is 265 Å². The van der Waals surface area contributed by atoms with Crippen LogP contribution in [0.3, 0.4) is 0 Å². The first-order valence-electron chi connectivity index (χ1n) is 39.9. The second-order valence-corrected chi connectivity index (χ2v) is 34.8. The molecule has 10 aromatic rings. The summed E-state index contributed by atoms with van der Waals surface area (Å²) in [6.07, 6.45) is 2.53. The number of hydrogen-bond acceptors (Lipinski definition) is 13. The summed E-state index contributed by atoms with van der Waals surface area (Å²) in [5.74, 6) is 0.577. The first-order valence-corrected chi connectivity index (χ1v) is 45.3. The van der Waals surface area contributed by atoms with Crippen molar-refractivity contribution in [3.63, 3.8) is 0 Å². The zero-order valence-corrected chi connectivity index (χ0v) is 84.5. The number of amidine groups is 7. The molecule has 0 aliphatic rings. The fourth-order valence-electron chi connectivity index (χ4n) is 9.63. The van der Waals surface area contributed by atoms with E-state index >= 15 is 0 Å². The van der Waals surface area contributed by atoms with E-state index in [1.807, 2.05) is 175 Å². The zero-order valence-electron chi connectivity index (χ0n) is 73.7. The largest absolute Gasteiger partial charge is 0.480 e. The van der Waals surface area contributed by atoms with E-state index in [4.69, 9.17) is 72.7 Å². The number of carboxylic acid groups (broad SMARTS) is 3. The van der Waals surface area contributed by atoms with Gasteiger partial charge in [0.25, 0.3) is 0 Å². The third kappa shape index (κ3) is 60.8. The van der Waals surface area contributed by atoms with Crippen molar-refractivity contribution in [1.82, 2.24) is 0 Å². The lowest BCUT2D eigenvalue weighted by molar-refractivity contribution is -0.139. The quantitative estimate of drug-likeness (QED) is 0.0104. The molecular formula is C96H120F4I5N17O6. The van der Waals surface area contributed by atoms with Crippen molar-refractivity contribution >= 4 is 172 Å². The third-order valence-corrected chi connectivity index (χ3v) is 20.1. The number of benzene rings is 10. The van der Waals surface area contributed by atoms with Crippen LogP contribution < -0.4 is 57.3 Å². The van der Waals surface area contributed by atoms with Gasteiger partial charge in [-0.15, -0.1) is 0 Å². The summed E-state index contributed by atoms with van der Waals surface area (Å²) in [5, 5.41) is 25.7. The Morgan fingerprint density at radius 1 is 0.352 bits per heavy atom. The normalized spacial score (nSPS) is 11.9. The van der Waals surface area contributed by atoms with Gasteiger partial charge in [0.15, 0.2) is 0 Å². The molecule has 688 valence electrons. The van der Waals surface area contributed by atoms with Crippen molar-refractivity contribution in [3.05, 3.63) is 344 Å². The van der Waals surface area contributed by atoms with Crippen LogP contribution in [-0.4, -0.2) is 98.9 Å². The van der Waals surface area contributed by atoms with Crippen LogP contribution in [0.4, 0.5) is 17.6 Å². The molecule has 0 fully saturated rings. The number of halogens is 9. The molecule has 23 N–H and O–H groups in total. The summed E-state index contributed by atoms with van der Waals surface area (Å²) < 4.78 is 55.2. The van der Waals surface area contributed by atoms with Crippen LogP contribution in [0.1, 0.15) is 133 Å². The second-order valence-electron chi connectivity index (χ2n) is 28.7. The van der Waals surface area contributed by atoms with Gasteiger partial charge in [0.1, 0.15) is 35.6 Å². The minimum Gasteiger partial charge on any atom is -0.480 e. The van der Waals surface area contributed by atoms with Crippen molar-refractivity contribution in [3.8, 4) is 0 Å². The summed E-state index contributed by atoms with van der Waals surface area (Å²) in [4.78, 5) is 59.9. The first kappa shape index (κ1) is 116. The Hall–Kier alpha value is -9.85. The summed E-state index contributed by atoms with van der Waals surface area (Å²) in [5.41, 5.74) is 69.0. The maximum absolute atomic E-state index is 12.8. The molecule has 10 rings (SSSR count). The Balaban J connectivity index is 0.000000712. The van der Waals surface area contributed by atoms with E-state index in [0.29, 0.717) is 119 Å². The molecule has 0 radical (unpaired) electrons. The molecule has 0 amide bonds. The van der Waals surface area contributed by atoms with E-state index < -0.39 is 36.0 Å². The fraction of sp³-hybridized carbons (Fsp3) is 0.271. The lowest BCUT2D eigenvalue weighted by Crippen LogP contribution is -2.32. The Bertz CT molecular complexity index is 4800. The Labute approximate surface area is 819 Å². The van der Waals surface area contributed by atoms with Crippen molar-refractivity contribution in [2.75, 3.05) is 6.67 Å². The zero-order chi connectivity index (χ0) is 96.2. The maximum Gasteiger partial charge on any atom is 0.320 e. The Kier molecular flexibility index (Phi) is 61.1. The number of nitrogens with two attached hydrogens (primary N) is 10. The average Bonchev–Trinajstić information content (AvgIpc) is 0.886. The summed E-state index contributed by atoms with van der Waals surface area (Å²) in [7, 11) is 0. The van der Waals surface area contributed by atoms with Gasteiger partial charge in [-0.2, -0.15) is 0 Å². The highest BCUT2D eigenvalue weighted by molar-refractivity contribution is 14.1. The average molecular weight is 2320 g/mol. The predicted octanol–water partition coefficient (Wildman–Crippen LogP) is 18.1. The van der Waals surface area contributed by atoms with Crippen LogP contribution in [-0.2, 0) is 85.9 Å². The first-order chi connectivity index (χ1) is 60.4. The molecule has 10 aromatic carbocycles. The van der Waals surface area contributed by atoms with E-state index in [2.05, 4.69) is 169 Å². The molecule has 0 saturated carbocycles. The Morgan fingerprint density at radius 3 is 0.969 bits per heavy atom. The number of aliphatic imine (C=N–C) groups is 7. The van der Waals surface area contributed by atoms with E-state index in [9.17, 15) is 31.9 Å².